The van der Waals surface area contributed by atoms with E-state index in [1.54, 1.807) is 18.2 Å². The first-order valence-electron chi connectivity index (χ1n) is 9.20. The molecule has 2 aromatic carbocycles. The summed E-state index contributed by atoms with van der Waals surface area (Å²) in [6.45, 7) is 2.55. The van der Waals surface area contributed by atoms with E-state index < -0.39 is 16.1 Å². The van der Waals surface area contributed by atoms with E-state index in [2.05, 4.69) is 0 Å². The Bertz CT molecular complexity index is 1020. The zero-order valence-corrected chi connectivity index (χ0v) is 16.3. The smallest absolute Gasteiger partial charge is 0.243 e. The number of carbonyl (C=O) groups is 1. The first-order valence-corrected chi connectivity index (χ1v) is 10.6. The van der Waals surface area contributed by atoms with Gasteiger partial charge in [-0.15, -0.1) is 0 Å². The number of fused-ring (bicyclic) bond motifs is 1. The minimum atomic E-state index is -3.81. The molecule has 2 aromatic rings. The third kappa shape index (κ3) is 3.27. The second-order valence-corrected chi connectivity index (χ2v) is 8.87. The van der Waals surface area contributed by atoms with Crippen LogP contribution in [0.25, 0.3) is 0 Å². The molecule has 0 radical (unpaired) electrons. The van der Waals surface area contributed by atoms with Crippen molar-refractivity contribution in [3.8, 4) is 5.75 Å². The molecule has 1 saturated heterocycles. The molecule has 8 heteroatoms. The molecule has 6 nitrogen and oxygen atoms in total. The number of nitrogens with zero attached hydrogens (tertiary/aromatic N) is 2. The van der Waals surface area contributed by atoms with Gasteiger partial charge >= 0.3 is 0 Å². The zero-order chi connectivity index (χ0) is 19.9. The van der Waals surface area contributed by atoms with Crippen molar-refractivity contribution < 1.29 is 22.3 Å². The maximum absolute atomic E-state index is 13.7. The first-order chi connectivity index (χ1) is 13.4. The lowest BCUT2D eigenvalue weighted by atomic mass is 10.1. The molecule has 0 aromatic heterocycles. The number of amides is 1. The van der Waals surface area contributed by atoms with Gasteiger partial charge in [-0.2, -0.15) is 4.31 Å². The first kappa shape index (κ1) is 18.9. The predicted molar refractivity (Wildman–Crippen MR) is 102 cm³/mol. The number of carbonyl (C=O) groups excluding carboxylic acids is 1. The van der Waals surface area contributed by atoms with Gasteiger partial charge in [-0.1, -0.05) is 12.1 Å². The molecule has 1 fully saturated rings. The Labute approximate surface area is 163 Å². The van der Waals surface area contributed by atoms with E-state index in [9.17, 15) is 17.6 Å². The van der Waals surface area contributed by atoms with Gasteiger partial charge in [0.15, 0.2) is 0 Å². The van der Waals surface area contributed by atoms with Crippen molar-refractivity contribution in [1.29, 1.82) is 0 Å². The lowest BCUT2D eigenvalue weighted by Gasteiger charge is -2.30. The second kappa shape index (κ2) is 7.18. The van der Waals surface area contributed by atoms with Crippen LogP contribution in [-0.4, -0.2) is 38.3 Å². The molecule has 0 bridgehead atoms. The monoisotopic (exact) mass is 404 g/mol. The van der Waals surface area contributed by atoms with Crippen LogP contribution in [-0.2, 0) is 14.8 Å². The topological polar surface area (TPSA) is 66.9 Å². The summed E-state index contributed by atoms with van der Waals surface area (Å²) in [6, 6.07) is 10.2. The summed E-state index contributed by atoms with van der Waals surface area (Å²) in [5.74, 6) is -0.0637. The third-order valence-corrected chi connectivity index (χ3v) is 7.12. The second-order valence-electron chi connectivity index (χ2n) is 6.98. The van der Waals surface area contributed by atoms with Crippen molar-refractivity contribution >= 4 is 21.6 Å². The number of hydrogen-bond acceptors (Lipinski definition) is 4. The van der Waals surface area contributed by atoms with Gasteiger partial charge in [-0.05, 0) is 48.7 Å². The van der Waals surface area contributed by atoms with Crippen molar-refractivity contribution in [3.05, 3.63) is 53.8 Å². The maximum Gasteiger partial charge on any atom is 0.243 e. The third-order valence-electron chi connectivity index (χ3n) is 5.22. The highest BCUT2D eigenvalue weighted by molar-refractivity contribution is 7.89. The molecule has 2 aliphatic heterocycles. The van der Waals surface area contributed by atoms with Crippen molar-refractivity contribution in [2.24, 2.45) is 0 Å². The van der Waals surface area contributed by atoms with Gasteiger partial charge in [-0.3, -0.25) is 4.79 Å². The quantitative estimate of drug-likeness (QED) is 0.789. The van der Waals surface area contributed by atoms with E-state index in [-0.39, 0.29) is 16.6 Å². The molecular weight excluding hydrogens is 383 g/mol. The number of ether oxygens (including phenoxy) is 1. The molecule has 1 unspecified atom stereocenters. The highest BCUT2D eigenvalue weighted by Crippen LogP contribution is 2.39. The Morgan fingerprint density at radius 3 is 2.75 bits per heavy atom. The fourth-order valence-corrected chi connectivity index (χ4v) is 5.60. The maximum atomic E-state index is 13.7. The van der Waals surface area contributed by atoms with Crippen LogP contribution in [0.1, 0.15) is 31.4 Å². The molecule has 0 N–H and O–H groups in total. The van der Waals surface area contributed by atoms with Gasteiger partial charge in [0.05, 0.1) is 23.2 Å². The van der Waals surface area contributed by atoms with Crippen LogP contribution in [0, 0.1) is 5.82 Å². The van der Waals surface area contributed by atoms with Gasteiger partial charge in [0, 0.05) is 13.5 Å². The van der Waals surface area contributed by atoms with Gasteiger partial charge in [0.2, 0.25) is 15.9 Å². The minimum Gasteiger partial charge on any atom is -0.490 e. The molecule has 0 saturated carbocycles. The molecule has 2 aliphatic rings. The molecule has 148 valence electrons. The molecular formula is C20H21FN2O4S. The Balaban J connectivity index is 1.72. The fraction of sp³-hybridized carbons (Fsp3) is 0.350. The van der Waals surface area contributed by atoms with Crippen molar-refractivity contribution in [3.63, 3.8) is 0 Å². The van der Waals surface area contributed by atoms with Gasteiger partial charge in [0.1, 0.15) is 18.2 Å². The van der Waals surface area contributed by atoms with Crippen LogP contribution < -0.4 is 9.64 Å². The highest BCUT2D eigenvalue weighted by atomic mass is 32.2. The molecule has 1 atom stereocenters. The number of sulfonamides is 1. The van der Waals surface area contributed by atoms with E-state index in [1.807, 2.05) is 0 Å². The lowest BCUT2D eigenvalue weighted by molar-refractivity contribution is -0.116. The Morgan fingerprint density at radius 2 is 2.00 bits per heavy atom. The fourth-order valence-electron chi connectivity index (χ4n) is 3.90. The largest absolute Gasteiger partial charge is 0.490 e. The minimum absolute atomic E-state index is 0.103. The number of halogens is 1. The predicted octanol–water partition coefficient (Wildman–Crippen LogP) is 3.10. The van der Waals surface area contributed by atoms with Crippen LogP contribution in [0.2, 0.25) is 0 Å². The number of benzene rings is 2. The van der Waals surface area contributed by atoms with E-state index in [1.165, 1.54) is 40.4 Å². The standard InChI is InChI=1S/C20H21FN2O4S/c1-14(24)22-10-11-27-20-8-7-17(13-19(20)22)28(25,26)23-9-3-6-18(23)15-4-2-5-16(21)12-15/h2,4-5,7-8,12-13,18H,3,6,9-11H2,1H3. The summed E-state index contributed by atoms with van der Waals surface area (Å²) in [6.07, 6.45) is 1.34. The Kier molecular flexibility index (Phi) is 4.84. The molecule has 4 rings (SSSR count). The zero-order valence-electron chi connectivity index (χ0n) is 15.5. The average Bonchev–Trinajstić information content (AvgIpc) is 3.17. The Morgan fingerprint density at radius 1 is 1.18 bits per heavy atom. The summed E-state index contributed by atoms with van der Waals surface area (Å²) < 4.78 is 47.3. The number of anilines is 1. The van der Waals surface area contributed by atoms with Gasteiger partial charge < -0.3 is 9.64 Å². The molecule has 0 spiro atoms. The molecule has 28 heavy (non-hydrogen) atoms. The van der Waals surface area contributed by atoms with Gasteiger partial charge in [-0.25, -0.2) is 12.8 Å². The van der Waals surface area contributed by atoms with Crippen molar-refractivity contribution in [2.45, 2.75) is 30.7 Å². The van der Waals surface area contributed by atoms with Crippen LogP contribution in [0.5, 0.6) is 5.75 Å². The van der Waals surface area contributed by atoms with E-state index in [4.69, 9.17) is 4.74 Å². The number of rotatable bonds is 3. The van der Waals surface area contributed by atoms with Crippen LogP contribution >= 0.6 is 0 Å². The van der Waals surface area contributed by atoms with Gasteiger partial charge in [0.25, 0.3) is 0 Å². The SMILES string of the molecule is CC(=O)N1CCOc2ccc(S(=O)(=O)N3CCCC3c3cccc(F)c3)cc21. The van der Waals surface area contributed by atoms with Crippen LogP contribution in [0.3, 0.4) is 0 Å². The average molecular weight is 404 g/mol. The Hall–Kier alpha value is -2.45. The van der Waals surface area contributed by atoms with Crippen molar-refractivity contribution in [1.82, 2.24) is 4.31 Å². The van der Waals surface area contributed by atoms with E-state index >= 15 is 0 Å². The highest BCUT2D eigenvalue weighted by Gasteiger charge is 2.37. The normalized spacial score (nSPS) is 19.9. The summed E-state index contributed by atoms with van der Waals surface area (Å²) in [5, 5.41) is 0. The molecule has 2 heterocycles. The van der Waals surface area contributed by atoms with Crippen LogP contribution in [0.15, 0.2) is 47.4 Å². The summed E-state index contributed by atoms with van der Waals surface area (Å²) >= 11 is 0. The van der Waals surface area contributed by atoms with E-state index in [0.717, 1.165) is 0 Å². The summed E-state index contributed by atoms with van der Waals surface area (Å²) in [5.41, 5.74) is 1.11. The van der Waals surface area contributed by atoms with Crippen molar-refractivity contribution in [2.75, 3.05) is 24.6 Å². The molecule has 1 amide bonds. The summed E-state index contributed by atoms with van der Waals surface area (Å²) in [4.78, 5) is 13.5. The number of hydrogen-bond donors (Lipinski definition) is 0. The lowest BCUT2D eigenvalue weighted by Crippen LogP contribution is -2.37. The summed E-state index contributed by atoms with van der Waals surface area (Å²) in [7, 11) is -3.81. The molecule has 0 aliphatic carbocycles. The van der Waals surface area contributed by atoms with Crippen LogP contribution in [0.4, 0.5) is 10.1 Å². The van der Waals surface area contributed by atoms with E-state index in [0.29, 0.717) is 49.5 Å².